The molecule has 2 aliphatic rings. The van der Waals surface area contributed by atoms with Gasteiger partial charge in [-0.2, -0.15) is 0 Å². The van der Waals surface area contributed by atoms with Crippen molar-refractivity contribution >= 4 is 5.91 Å². The highest BCUT2D eigenvalue weighted by Crippen LogP contribution is 2.33. The molecule has 1 aromatic rings. The lowest BCUT2D eigenvalue weighted by atomic mass is 9.93. The highest BCUT2D eigenvalue weighted by molar-refractivity contribution is 5.93. The zero-order valence-corrected chi connectivity index (χ0v) is 10.6. The summed E-state index contributed by atoms with van der Waals surface area (Å²) in [6.07, 6.45) is 7.56. The highest BCUT2D eigenvalue weighted by Gasteiger charge is 2.31. The third-order valence-electron chi connectivity index (χ3n) is 4.31. The van der Waals surface area contributed by atoms with Crippen LogP contribution in [0.15, 0.2) is 18.3 Å². The lowest BCUT2D eigenvalue weighted by molar-refractivity contribution is 0.0661. The normalized spacial score (nSPS) is 24.3. The predicted molar refractivity (Wildman–Crippen MR) is 68.5 cm³/mol. The van der Waals surface area contributed by atoms with Crippen LogP contribution in [0.4, 0.5) is 0 Å². The zero-order valence-electron chi connectivity index (χ0n) is 10.6. The van der Waals surface area contributed by atoms with Crippen molar-refractivity contribution in [2.24, 2.45) is 0 Å². The fourth-order valence-corrected chi connectivity index (χ4v) is 3.00. The Labute approximate surface area is 107 Å². The molecule has 1 atom stereocenters. The minimum atomic E-state index is 0.0160. The van der Waals surface area contributed by atoms with Crippen LogP contribution in [0.25, 0.3) is 0 Å². The van der Waals surface area contributed by atoms with Crippen LogP contribution < -0.4 is 0 Å². The van der Waals surface area contributed by atoms with E-state index in [1.807, 2.05) is 23.2 Å². The molecule has 0 unspecified atom stereocenters. The van der Waals surface area contributed by atoms with E-state index in [0.717, 1.165) is 25.1 Å². The Hall–Kier alpha value is -1.29. The topological polar surface area (TPSA) is 45.5 Å². The van der Waals surface area contributed by atoms with Crippen molar-refractivity contribution in [2.45, 2.75) is 44.2 Å². The standard InChI is InChI=1S/C14H20N2O2/c17-10-12-6-2-9-16(12)14(18)13-7-3-8-15(13)11-4-1-5-11/h3,7-8,11-12,17H,1-2,4-6,9-10H2/t12-/m0/s1. The number of hydrogen-bond donors (Lipinski definition) is 1. The van der Waals surface area contributed by atoms with E-state index >= 15 is 0 Å². The Morgan fingerprint density at radius 2 is 2.17 bits per heavy atom. The van der Waals surface area contributed by atoms with Crippen molar-refractivity contribution < 1.29 is 9.90 Å². The summed E-state index contributed by atoms with van der Waals surface area (Å²) in [5.74, 6) is 0.0865. The fraction of sp³-hybridized carbons (Fsp3) is 0.643. The molecule has 1 aliphatic heterocycles. The predicted octanol–water partition coefficient (Wildman–Crippen LogP) is 1.81. The van der Waals surface area contributed by atoms with Crippen molar-refractivity contribution in [2.75, 3.05) is 13.2 Å². The Bertz CT molecular complexity index is 437. The second-order valence-electron chi connectivity index (χ2n) is 5.36. The van der Waals surface area contributed by atoms with Crippen molar-refractivity contribution in [3.05, 3.63) is 24.0 Å². The number of likely N-dealkylation sites (tertiary alicyclic amines) is 1. The Kier molecular flexibility index (Phi) is 3.12. The maximum Gasteiger partial charge on any atom is 0.270 e. The molecule has 2 fully saturated rings. The van der Waals surface area contributed by atoms with E-state index in [0.29, 0.717) is 6.04 Å². The second kappa shape index (κ2) is 4.76. The molecule has 1 aliphatic carbocycles. The quantitative estimate of drug-likeness (QED) is 0.886. The van der Waals surface area contributed by atoms with Crippen LogP contribution in [0.2, 0.25) is 0 Å². The summed E-state index contributed by atoms with van der Waals surface area (Å²) in [7, 11) is 0. The molecular weight excluding hydrogens is 228 g/mol. The average molecular weight is 248 g/mol. The maximum absolute atomic E-state index is 12.5. The fourth-order valence-electron chi connectivity index (χ4n) is 3.00. The Morgan fingerprint density at radius 3 is 2.83 bits per heavy atom. The summed E-state index contributed by atoms with van der Waals surface area (Å²) in [4.78, 5) is 14.4. The molecule has 0 bridgehead atoms. The number of aliphatic hydroxyl groups excluding tert-OH is 1. The van der Waals surface area contributed by atoms with Gasteiger partial charge in [-0.15, -0.1) is 0 Å². The number of hydrogen-bond acceptors (Lipinski definition) is 2. The van der Waals surface area contributed by atoms with E-state index in [9.17, 15) is 9.90 Å². The van der Waals surface area contributed by atoms with Gasteiger partial charge in [-0.25, -0.2) is 0 Å². The minimum absolute atomic E-state index is 0.0160. The van der Waals surface area contributed by atoms with Gasteiger partial charge < -0.3 is 14.6 Å². The molecule has 0 spiro atoms. The Morgan fingerprint density at radius 1 is 1.33 bits per heavy atom. The minimum Gasteiger partial charge on any atom is -0.394 e. The molecule has 1 saturated heterocycles. The zero-order chi connectivity index (χ0) is 12.5. The first-order chi connectivity index (χ1) is 8.81. The summed E-state index contributed by atoms with van der Waals surface area (Å²) < 4.78 is 2.12. The van der Waals surface area contributed by atoms with Crippen LogP contribution in [0.5, 0.6) is 0 Å². The van der Waals surface area contributed by atoms with Crippen LogP contribution in [-0.4, -0.2) is 39.7 Å². The van der Waals surface area contributed by atoms with Crippen molar-refractivity contribution in [3.63, 3.8) is 0 Å². The van der Waals surface area contributed by atoms with Crippen molar-refractivity contribution in [3.8, 4) is 0 Å². The molecule has 0 radical (unpaired) electrons. The smallest absolute Gasteiger partial charge is 0.270 e. The molecule has 2 heterocycles. The lowest BCUT2D eigenvalue weighted by Gasteiger charge is -2.30. The van der Waals surface area contributed by atoms with Gasteiger partial charge in [0.2, 0.25) is 0 Å². The molecule has 98 valence electrons. The lowest BCUT2D eigenvalue weighted by Crippen LogP contribution is -2.39. The molecule has 3 rings (SSSR count). The van der Waals surface area contributed by atoms with E-state index in [1.54, 1.807) is 0 Å². The van der Waals surface area contributed by atoms with Gasteiger partial charge >= 0.3 is 0 Å². The first kappa shape index (κ1) is 11.8. The van der Waals surface area contributed by atoms with Gasteiger partial charge in [0.25, 0.3) is 5.91 Å². The number of amides is 1. The maximum atomic E-state index is 12.5. The SMILES string of the molecule is O=C(c1cccn1C1CCC1)N1CCC[C@H]1CO. The number of aliphatic hydroxyl groups is 1. The van der Waals surface area contributed by atoms with Gasteiger partial charge in [0, 0.05) is 18.8 Å². The summed E-state index contributed by atoms with van der Waals surface area (Å²) in [5.41, 5.74) is 0.792. The highest BCUT2D eigenvalue weighted by atomic mass is 16.3. The van der Waals surface area contributed by atoms with Crippen molar-refractivity contribution in [1.29, 1.82) is 0 Å². The summed E-state index contributed by atoms with van der Waals surface area (Å²) >= 11 is 0. The van der Waals surface area contributed by atoms with E-state index in [-0.39, 0.29) is 18.6 Å². The summed E-state index contributed by atoms with van der Waals surface area (Å²) in [6, 6.07) is 4.39. The monoisotopic (exact) mass is 248 g/mol. The van der Waals surface area contributed by atoms with E-state index in [2.05, 4.69) is 4.57 Å². The van der Waals surface area contributed by atoms with Gasteiger partial charge in [0.05, 0.1) is 12.6 Å². The van der Waals surface area contributed by atoms with Crippen LogP contribution >= 0.6 is 0 Å². The number of nitrogens with zero attached hydrogens (tertiary/aromatic N) is 2. The van der Waals surface area contributed by atoms with Gasteiger partial charge in [-0.3, -0.25) is 4.79 Å². The molecule has 1 aromatic heterocycles. The third kappa shape index (κ3) is 1.85. The number of carbonyl (C=O) groups is 1. The Balaban J connectivity index is 1.81. The molecule has 4 heteroatoms. The van der Waals surface area contributed by atoms with E-state index in [4.69, 9.17) is 0 Å². The molecule has 1 N–H and O–H groups in total. The van der Waals surface area contributed by atoms with Gasteiger partial charge in [0.1, 0.15) is 5.69 Å². The number of rotatable bonds is 3. The van der Waals surface area contributed by atoms with Gasteiger partial charge in [-0.1, -0.05) is 0 Å². The van der Waals surface area contributed by atoms with Crippen LogP contribution in [0.1, 0.15) is 48.6 Å². The summed E-state index contributed by atoms with van der Waals surface area (Å²) in [6.45, 7) is 0.857. The largest absolute Gasteiger partial charge is 0.394 e. The van der Waals surface area contributed by atoms with Gasteiger partial charge in [0.15, 0.2) is 0 Å². The number of aromatic nitrogens is 1. The van der Waals surface area contributed by atoms with Crippen LogP contribution in [0.3, 0.4) is 0 Å². The second-order valence-corrected chi connectivity index (χ2v) is 5.36. The van der Waals surface area contributed by atoms with Crippen LogP contribution in [0, 0.1) is 0 Å². The van der Waals surface area contributed by atoms with E-state index < -0.39 is 0 Å². The first-order valence-electron chi connectivity index (χ1n) is 6.90. The molecule has 0 aromatic carbocycles. The van der Waals surface area contributed by atoms with Crippen LogP contribution in [-0.2, 0) is 0 Å². The average Bonchev–Trinajstić information content (AvgIpc) is 2.93. The molecule has 1 saturated carbocycles. The van der Waals surface area contributed by atoms with E-state index in [1.165, 1.54) is 19.3 Å². The molecular formula is C14H20N2O2. The molecule has 18 heavy (non-hydrogen) atoms. The first-order valence-corrected chi connectivity index (χ1v) is 6.90. The molecule has 1 amide bonds. The molecule has 4 nitrogen and oxygen atoms in total. The van der Waals surface area contributed by atoms with Crippen molar-refractivity contribution in [1.82, 2.24) is 9.47 Å². The summed E-state index contributed by atoms with van der Waals surface area (Å²) in [5, 5.41) is 9.32. The number of carbonyl (C=O) groups excluding carboxylic acids is 1. The van der Waals surface area contributed by atoms with Gasteiger partial charge in [-0.05, 0) is 44.2 Å². The third-order valence-corrected chi connectivity index (χ3v) is 4.31.